The molecule has 1 aromatic rings. The molecule has 0 aliphatic carbocycles. The predicted molar refractivity (Wildman–Crippen MR) is 80.6 cm³/mol. The molecule has 2 nitrogen and oxygen atoms in total. The molecule has 18 heavy (non-hydrogen) atoms. The molecule has 0 saturated carbocycles. The Balaban J connectivity index is 2.02. The summed E-state index contributed by atoms with van der Waals surface area (Å²) in [5, 5.41) is 0. The van der Waals surface area contributed by atoms with E-state index < -0.39 is 0 Å². The van der Waals surface area contributed by atoms with E-state index in [1.807, 2.05) is 0 Å². The molecule has 2 rings (SSSR count). The second-order valence-electron chi connectivity index (χ2n) is 5.11. The maximum absolute atomic E-state index is 5.76. The minimum Gasteiger partial charge on any atom is -0.271 e. The fraction of sp³-hybridized carbons (Fsp3) is 0.600. The molecule has 1 unspecified atom stereocenters. The second kappa shape index (κ2) is 7.17. The highest BCUT2D eigenvalue weighted by Gasteiger charge is 2.19. The SMILES string of the molecule is CCc1cccc(C(CC2CCSCC2)NN)c1. The number of hydrazine groups is 1. The quantitative estimate of drug-likeness (QED) is 0.633. The molecule has 0 amide bonds. The van der Waals surface area contributed by atoms with Crippen LogP contribution in [-0.2, 0) is 6.42 Å². The number of hydrogen-bond acceptors (Lipinski definition) is 3. The summed E-state index contributed by atoms with van der Waals surface area (Å²) in [5.41, 5.74) is 5.75. The number of hydrogen-bond donors (Lipinski definition) is 2. The van der Waals surface area contributed by atoms with Gasteiger partial charge in [-0.15, -0.1) is 0 Å². The minimum atomic E-state index is 0.310. The summed E-state index contributed by atoms with van der Waals surface area (Å²) in [5.74, 6) is 9.22. The lowest BCUT2D eigenvalue weighted by atomic mass is 9.90. The van der Waals surface area contributed by atoms with Gasteiger partial charge in [0.05, 0.1) is 0 Å². The van der Waals surface area contributed by atoms with Crippen molar-refractivity contribution in [1.29, 1.82) is 0 Å². The average molecular weight is 264 g/mol. The Morgan fingerprint density at radius 3 is 2.83 bits per heavy atom. The Labute approximate surface area is 115 Å². The molecule has 0 spiro atoms. The lowest BCUT2D eigenvalue weighted by Crippen LogP contribution is -2.30. The number of nitrogens with two attached hydrogens (primary N) is 1. The van der Waals surface area contributed by atoms with Crippen molar-refractivity contribution in [1.82, 2.24) is 5.43 Å². The van der Waals surface area contributed by atoms with Gasteiger partial charge in [0.2, 0.25) is 0 Å². The monoisotopic (exact) mass is 264 g/mol. The zero-order valence-electron chi connectivity index (χ0n) is 11.2. The smallest absolute Gasteiger partial charge is 0.0462 e. The van der Waals surface area contributed by atoms with E-state index in [1.165, 1.54) is 41.9 Å². The molecule has 1 aromatic carbocycles. The van der Waals surface area contributed by atoms with Crippen LogP contribution in [-0.4, -0.2) is 11.5 Å². The van der Waals surface area contributed by atoms with Crippen LogP contribution < -0.4 is 11.3 Å². The molecule has 100 valence electrons. The van der Waals surface area contributed by atoms with Gasteiger partial charge in [-0.3, -0.25) is 11.3 Å². The van der Waals surface area contributed by atoms with Gasteiger partial charge in [0.25, 0.3) is 0 Å². The van der Waals surface area contributed by atoms with Gasteiger partial charge in [0, 0.05) is 6.04 Å². The summed E-state index contributed by atoms with van der Waals surface area (Å²) in [6.45, 7) is 2.20. The zero-order valence-corrected chi connectivity index (χ0v) is 12.0. The van der Waals surface area contributed by atoms with Crippen molar-refractivity contribution in [3.05, 3.63) is 35.4 Å². The number of rotatable bonds is 5. The van der Waals surface area contributed by atoms with Gasteiger partial charge in [0.15, 0.2) is 0 Å². The fourth-order valence-corrected chi connectivity index (χ4v) is 3.85. The lowest BCUT2D eigenvalue weighted by Gasteiger charge is -2.26. The minimum absolute atomic E-state index is 0.310. The third-order valence-electron chi connectivity index (χ3n) is 3.87. The van der Waals surface area contributed by atoms with Gasteiger partial charge in [-0.25, -0.2) is 0 Å². The molecule has 0 radical (unpaired) electrons. The molecule has 3 heteroatoms. The molecular weight excluding hydrogens is 240 g/mol. The summed E-state index contributed by atoms with van der Waals surface area (Å²) >= 11 is 2.08. The van der Waals surface area contributed by atoms with E-state index in [-0.39, 0.29) is 0 Å². The summed E-state index contributed by atoms with van der Waals surface area (Å²) in [7, 11) is 0. The first kappa shape index (κ1) is 13.9. The third kappa shape index (κ3) is 3.74. The average Bonchev–Trinajstić information content (AvgIpc) is 2.46. The number of aryl methyl sites for hydroxylation is 1. The normalized spacial score (nSPS) is 18.8. The van der Waals surface area contributed by atoms with Gasteiger partial charge in [-0.05, 0) is 54.2 Å². The van der Waals surface area contributed by atoms with Crippen LogP contribution >= 0.6 is 11.8 Å². The van der Waals surface area contributed by atoms with Gasteiger partial charge in [0.1, 0.15) is 0 Å². The van der Waals surface area contributed by atoms with Gasteiger partial charge in [-0.2, -0.15) is 11.8 Å². The van der Waals surface area contributed by atoms with E-state index in [1.54, 1.807) is 0 Å². The standard InChI is InChI=1S/C15H24N2S/c1-2-12-4-3-5-14(10-12)15(17-16)11-13-6-8-18-9-7-13/h3-5,10,13,15,17H,2,6-9,11,16H2,1H3. The lowest BCUT2D eigenvalue weighted by molar-refractivity contribution is 0.373. The summed E-state index contributed by atoms with van der Waals surface area (Å²) < 4.78 is 0. The number of nitrogens with one attached hydrogen (secondary N) is 1. The maximum atomic E-state index is 5.76. The Kier molecular flexibility index (Phi) is 5.54. The largest absolute Gasteiger partial charge is 0.271 e. The van der Waals surface area contributed by atoms with Crippen molar-refractivity contribution in [2.45, 2.75) is 38.6 Å². The van der Waals surface area contributed by atoms with Crippen LogP contribution in [0, 0.1) is 5.92 Å². The Bertz CT molecular complexity index is 361. The molecule has 1 atom stereocenters. The molecule has 1 saturated heterocycles. The van der Waals surface area contributed by atoms with Crippen LogP contribution in [0.15, 0.2) is 24.3 Å². The summed E-state index contributed by atoms with van der Waals surface area (Å²) in [6, 6.07) is 9.14. The predicted octanol–water partition coefficient (Wildman–Crippen LogP) is 3.29. The first-order chi connectivity index (χ1) is 8.83. The second-order valence-corrected chi connectivity index (χ2v) is 6.33. The van der Waals surface area contributed by atoms with Crippen LogP contribution in [0.4, 0.5) is 0 Å². The molecule has 3 N–H and O–H groups in total. The van der Waals surface area contributed by atoms with E-state index in [9.17, 15) is 0 Å². The van der Waals surface area contributed by atoms with Crippen molar-refractivity contribution in [2.75, 3.05) is 11.5 Å². The Morgan fingerprint density at radius 1 is 1.39 bits per heavy atom. The van der Waals surface area contributed by atoms with Crippen LogP contribution in [0.3, 0.4) is 0 Å². The zero-order chi connectivity index (χ0) is 12.8. The summed E-state index contributed by atoms with van der Waals surface area (Å²) in [6.07, 6.45) is 4.95. The first-order valence-corrected chi connectivity index (χ1v) is 8.11. The van der Waals surface area contributed by atoms with Crippen LogP contribution in [0.25, 0.3) is 0 Å². The van der Waals surface area contributed by atoms with Gasteiger partial charge >= 0.3 is 0 Å². The fourth-order valence-electron chi connectivity index (χ4n) is 2.65. The van der Waals surface area contributed by atoms with Gasteiger partial charge in [-0.1, -0.05) is 31.2 Å². The number of benzene rings is 1. The van der Waals surface area contributed by atoms with Crippen molar-refractivity contribution < 1.29 is 0 Å². The highest BCUT2D eigenvalue weighted by Crippen LogP contribution is 2.30. The van der Waals surface area contributed by atoms with Crippen molar-refractivity contribution in [3.8, 4) is 0 Å². The first-order valence-electron chi connectivity index (χ1n) is 6.96. The highest BCUT2D eigenvalue weighted by molar-refractivity contribution is 7.99. The molecule has 0 aromatic heterocycles. The van der Waals surface area contributed by atoms with E-state index in [0.717, 1.165) is 12.3 Å². The van der Waals surface area contributed by atoms with Crippen molar-refractivity contribution >= 4 is 11.8 Å². The van der Waals surface area contributed by atoms with E-state index in [2.05, 4.69) is 48.4 Å². The molecule has 1 aliphatic rings. The molecule has 1 heterocycles. The maximum Gasteiger partial charge on any atom is 0.0462 e. The molecular formula is C15H24N2S. The van der Waals surface area contributed by atoms with E-state index in [4.69, 9.17) is 5.84 Å². The molecule has 1 aliphatic heterocycles. The number of thioether (sulfide) groups is 1. The van der Waals surface area contributed by atoms with Crippen molar-refractivity contribution in [3.63, 3.8) is 0 Å². The molecule has 1 fully saturated rings. The van der Waals surface area contributed by atoms with E-state index >= 15 is 0 Å². The molecule has 0 bridgehead atoms. The topological polar surface area (TPSA) is 38.0 Å². The van der Waals surface area contributed by atoms with Crippen LogP contribution in [0.2, 0.25) is 0 Å². The van der Waals surface area contributed by atoms with Gasteiger partial charge < -0.3 is 0 Å². The third-order valence-corrected chi connectivity index (χ3v) is 4.92. The Hall–Kier alpha value is -0.510. The van der Waals surface area contributed by atoms with Crippen LogP contribution in [0.5, 0.6) is 0 Å². The van der Waals surface area contributed by atoms with Crippen molar-refractivity contribution in [2.24, 2.45) is 11.8 Å². The van der Waals surface area contributed by atoms with E-state index in [0.29, 0.717) is 6.04 Å². The highest BCUT2D eigenvalue weighted by atomic mass is 32.2. The Morgan fingerprint density at radius 2 is 2.17 bits per heavy atom. The summed E-state index contributed by atoms with van der Waals surface area (Å²) in [4.78, 5) is 0. The van der Waals surface area contributed by atoms with Crippen LogP contribution in [0.1, 0.15) is 43.4 Å².